The molecule has 4 heteroatoms. The number of rotatable bonds is 4. The van der Waals surface area contributed by atoms with Gasteiger partial charge < -0.3 is 5.32 Å². The lowest BCUT2D eigenvalue weighted by Crippen LogP contribution is -2.17. The number of thiophene rings is 1. The Morgan fingerprint density at radius 2 is 1.88 bits per heavy atom. The molecule has 0 unspecified atom stereocenters. The van der Waals surface area contributed by atoms with Crippen molar-refractivity contribution < 1.29 is 0 Å². The van der Waals surface area contributed by atoms with Gasteiger partial charge in [0.25, 0.3) is 0 Å². The van der Waals surface area contributed by atoms with E-state index in [1.54, 1.807) is 11.3 Å². The van der Waals surface area contributed by atoms with Crippen molar-refractivity contribution in [3.05, 3.63) is 56.2 Å². The molecule has 0 bridgehead atoms. The molecule has 0 spiro atoms. The lowest BCUT2D eigenvalue weighted by molar-refractivity contribution is 0.579. The van der Waals surface area contributed by atoms with Crippen molar-refractivity contribution >= 4 is 34.5 Å². The summed E-state index contributed by atoms with van der Waals surface area (Å²) in [7, 11) is 0. The van der Waals surface area contributed by atoms with Crippen LogP contribution in [0, 0.1) is 0 Å². The molecular weight excluding hydrogens is 273 g/mol. The molecule has 1 nitrogen and oxygen atoms in total. The third-order valence-electron chi connectivity index (χ3n) is 2.57. The number of hydrogen-bond acceptors (Lipinski definition) is 2. The largest absolute Gasteiger partial charge is 0.305 e. The van der Waals surface area contributed by atoms with Crippen molar-refractivity contribution in [1.29, 1.82) is 0 Å². The molecular formula is C13H13Cl2NS. The van der Waals surface area contributed by atoms with E-state index >= 15 is 0 Å². The Balaban J connectivity index is 1.93. The van der Waals surface area contributed by atoms with E-state index in [2.05, 4.69) is 12.2 Å². The Morgan fingerprint density at radius 3 is 2.47 bits per heavy atom. The van der Waals surface area contributed by atoms with Crippen molar-refractivity contribution in [3.63, 3.8) is 0 Å². The topological polar surface area (TPSA) is 12.0 Å². The standard InChI is InChI=1S/C13H13Cl2NS/c1-9(10-2-4-11(14)5-3-10)16-7-13-6-12(15)8-17-13/h2-6,8-9,16H,7H2,1H3/t9-/m0/s1. The van der Waals surface area contributed by atoms with Gasteiger partial charge >= 0.3 is 0 Å². The number of nitrogens with one attached hydrogen (secondary N) is 1. The summed E-state index contributed by atoms with van der Waals surface area (Å²) < 4.78 is 0. The zero-order valence-corrected chi connectivity index (χ0v) is 11.7. The molecule has 0 aliphatic rings. The predicted molar refractivity (Wildman–Crippen MR) is 76.0 cm³/mol. The third kappa shape index (κ3) is 3.71. The van der Waals surface area contributed by atoms with Gasteiger partial charge in [-0.1, -0.05) is 35.3 Å². The molecule has 2 rings (SSSR count). The Bertz CT molecular complexity index is 478. The quantitative estimate of drug-likeness (QED) is 0.842. The molecule has 0 saturated heterocycles. The van der Waals surface area contributed by atoms with E-state index in [1.165, 1.54) is 10.4 Å². The second-order valence-corrected chi connectivity index (χ2v) is 5.75. The summed E-state index contributed by atoms with van der Waals surface area (Å²) in [5.74, 6) is 0. The van der Waals surface area contributed by atoms with Crippen LogP contribution in [0.4, 0.5) is 0 Å². The first-order chi connectivity index (χ1) is 8.15. The number of hydrogen-bond donors (Lipinski definition) is 1. The minimum atomic E-state index is 0.299. The molecule has 0 saturated carbocycles. The van der Waals surface area contributed by atoms with E-state index in [0.29, 0.717) is 6.04 Å². The molecule has 1 atom stereocenters. The van der Waals surface area contributed by atoms with Crippen LogP contribution >= 0.6 is 34.5 Å². The van der Waals surface area contributed by atoms with Crippen molar-refractivity contribution in [2.75, 3.05) is 0 Å². The lowest BCUT2D eigenvalue weighted by Gasteiger charge is -2.13. The van der Waals surface area contributed by atoms with E-state index in [0.717, 1.165) is 16.6 Å². The highest BCUT2D eigenvalue weighted by atomic mass is 35.5. The molecule has 0 amide bonds. The fourth-order valence-corrected chi connectivity index (χ4v) is 2.72. The summed E-state index contributed by atoms with van der Waals surface area (Å²) in [5.41, 5.74) is 1.23. The zero-order valence-electron chi connectivity index (χ0n) is 9.41. The summed E-state index contributed by atoms with van der Waals surface area (Å²) >= 11 is 13.4. The van der Waals surface area contributed by atoms with Crippen LogP contribution < -0.4 is 5.32 Å². The molecule has 0 aliphatic carbocycles. The van der Waals surface area contributed by atoms with Gasteiger partial charge in [0.05, 0.1) is 5.02 Å². The molecule has 90 valence electrons. The van der Waals surface area contributed by atoms with Gasteiger partial charge in [-0.2, -0.15) is 0 Å². The van der Waals surface area contributed by atoms with Crippen LogP contribution in [-0.2, 0) is 6.54 Å². The maximum absolute atomic E-state index is 5.88. The average Bonchev–Trinajstić information content (AvgIpc) is 2.73. The van der Waals surface area contributed by atoms with Crippen LogP contribution in [0.3, 0.4) is 0 Å². The molecule has 1 heterocycles. The van der Waals surface area contributed by atoms with Gasteiger partial charge in [0.1, 0.15) is 0 Å². The van der Waals surface area contributed by atoms with E-state index in [4.69, 9.17) is 23.2 Å². The van der Waals surface area contributed by atoms with Gasteiger partial charge in [0.15, 0.2) is 0 Å². The highest BCUT2D eigenvalue weighted by Crippen LogP contribution is 2.21. The molecule has 1 aromatic carbocycles. The third-order valence-corrected chi connectivity index (χ3v) is 4.11. The lowest BCUT2D eigenvalue weighted by atomic mass is 10.1. The van der Waals surface area contributed by atoms with Crippen molar-refractivity contribution in [1.82, 2.24) is 5.32 Å². The highest BCUT2D eigenvalue weighted by molar-refractivity contribution is 7.10. The second-order valence-electron chi connectivity index (χ2n) is 3.89. The fraction of sp³-hybridized carbons (Fsp3) is 0.231. The van der Waals surface area contributed by atoms with Crippen LogP contribution in [0.25, 0.3) is 0 Å². The van der Waals surface area contributed by atoms with Gasteiger partial charge in [-0.15, -0.1) is 11.3 Å². The Morgan fingerprint density at radius 1 is 1.18 bits per heavy atom. The minimum absolute atomic E-state index is 0.299. The zero-order chi connectivity index (χ0) is 12.3. The first kappa shape index (κ1) is 12.9. The summed E-state index contributed by atoms with van der Waals surface area (Å²) in [6.07, 6.45) is 0. The average molecular weight is 286 g/mol. The van der Waals surface area contributed by atoms with Gasteiger partial charge in [-0.3, -0.25) is 0 Å². The smallest absolute Gasteiger partial charge is 0.0516 e. The van der Waals surface area contributed by atoms with Crippen LogP contribution in [0.1, 0.15) is 23.4 Å². The van der Waals surface area contributed by atoms with Crippen molar-refractivity contribution in [3.8, 4) is 0 Å². The summed E-state index contributed by atoms with van der Waals surface area (Å²) in [4.78, 5) is 1.25. The Labute approximate surface area is 115 Å². The van der Waals surface area contributed by atoms with Crippen LogP contribution in [-0.4, -0.2) is 0 Å². The van der Waals surface area contributed by atoms with Crippen molar-refractivity contribution in [2.45, 2.75) is 19.5 Å². The Hall–Kier alpha value is -0.540. The van der Waals surface area contributed by atoms with Crippen LogP contribution in [0.5, 0.6) is 0 Å². The highest BCUT2D eigenvalue weighted by Gasteiger charge is 2.05. The van der Waals surface area contributed by atoms with E-state index < -0.39 is 0 Å². The fourth-order valence-electron chi connectivity index (χ4n) is 1.57. The molecule has 1 aromatic heterocycles. The predicted octanol–water partition coefficient (Wildman–Crippen LogP) is 4.91. The molecule has 0 fully saturated rings. The molecule has 2 aromatic rings. The van der Waals surface area contributed by atoms with Crippen LogP contribution in [0.2, 0.25) is 10.0 Å². The van der Waals surface area contributed by atoms with Gasteiger partial charge in [0.2, 0.25) is 0 Å². The number of benzene rings is 1. The normalized spacial score (nSPS) is 12.6. The van der Waals surface area contributed by atoms with Gasteiger partial charge in [-0.25, -0.2) is 0 Å². The minimum Gasteiger partial charge on any atom is -0.305 e. The summed E-state index contributed by atoms with van der Waals surface area (Å²) in [6, 6.07) is 10.2. The number of halogens is 2. The van der Waals surface area contributed by atoms with E-state index in [1.807, 2.05) is 35.7 Å². The van der Waals surface area contributed by atoms with Crippen LogP contribution in [0.15, 0.2) is 35.7 Å². The summed E-state index contributed by atoms with van der Waals surface area (Å²) in [6.45, 7) is 2.97. The van der Waals surface area contributed by atoms with E-state index in [-0.39, 0.29) is 0 Å². The van der Waals surface area contributed by atoms with E-state index in [9.17, 15) is 0 Å². The maximum Gasteiger partial charge on any atom is 0.0516 e. The second kappa shape index (κ2) is 5.87. The SMILES string of the molecule is C[C@H](NCc1cc(Cl)cs1)c1ccc(Cl)cc1. The molecule has 0 radical (unpaired) electrons. The molecule has 0 aliphatic heterocycles. The first-order valence-corrected chi connectivity index (χ1v) is 7.00. The monoisotopic (exact) mass is 285 g/mol. The molecule has 17 heavy (non-hydrogen) atoms. The maximum atomic E-state index is 5.88. The van der Waals surface area contributed by atoms with Crippen molar-refractivity contribution in [2.24, 2.45) is 0 Å². The Kier molecular flexibility index (Phi) is 4.46. The summed E-state index contributed by atoms with van der Waals surface area (Å²) in [5, 5.41) is 6.99. The van der Waals surface area contributed by atoms with Gasteiger partial charge in [-0.05, 0) is 30.7 Å². The molecule has 1 N–H and O–H groups in total. The van der Waals surface area contributed by atoms with Gasteiger partial charge in [0, 0.05) is 27.9 Å². The first-order valence-electron chi connectivity index (χ1n) is 5.37.